The molecule has 0 aromatic carbocycles. The molecule has 0 amide bonds. The Bertz CT molecular complexity index is 410. The maximum atomic E-state index is 6.24. The summed E-state index contributed by atoms with van der Waals surface area (Å²) < 4.78 is 6.24. The van der Waals surface area contributed by atoms with E-state index in [0.717, 1.165) is 31.6 Å². The second-order valence-corrected chi connectivity index (χ2v) is 4.89. The third-order valence-electron chi connectivity index (χ3n) is 3.84. The lowest BCUT2D eigenvalue weighted by Crippen LogP contribution is -2.40. The van der Waals surface area contributed by atoms with E-state index in [1.807, 2.05) is 6.20 Å². The van der Waals surface area contributed by atoms with Gasteiger partial charge in [-0.25, -0.2) is 0 Å². The fourth-order valence-corrected chi connectivity index (χ4v) is 3.13. The van der Waals surface area contributed by atoms with Gasteiger partial charge in [-0.2, -0.15) is 0 Å². The molecule has 0 bridgehead atoms. The van der Waals surface area contributed by atoms with Crippen LogP contribution in [0.2, 0.25) is 0 Å². The van der Waals surface area contributed by atoms with Gasteiger partial charge >= 0.3 is 0 Å². The Morgan fingerprint density at radius 3 is 2.94 bits per heavy atom. The molecule has 1 unspecified atom stereocenters. The van der Waals surface area contributed by atoms with Crippen LogP contribution < -0.4 is 5.32 Å². The van der Waals surface area contributed by atoms with Gasteiger partial charge in [0, 0.05) is 11.8 Å². The SMILES string of the molecule is Cc1ccnc2c1C1(CCNCC1)OC2C. The summed E-state index contributed by atoms with van der Waals surface area (Å²) in [5.41, 5.74) is 3.79. The first-order valence-electron chi connectivity index (χ1n) is 6.07. The van der Waals surface area contributed by atoms with Gasteiger partial charge in [0.05, 0.1) is 17.4 Å². The van der Waals surface area contributed by atoms with E-state index < -0.39 is 0 Å². The van der Waals surface area contributed by atoms with Crippen LogP contribution in [0.1, 0.15) is 42.7 Å². The highest BCUT2D eigenvalue weighted by Gasteiger charge is 2.45. The van der Waals surface area contributed by atoms with E-state index in [9.17, 15) is 0 Å². The number of hydrogen-bond acceptors (Lipinski definition) is 3. The molecule has 1 spiro atoms. The number of nitrogens with one attached hydrogen (secondary N) is 1. The average molecular weight is 218 g/mol. The molecular formula is C13H18N2O. The molecule has 0 aliphatic carbocycles. The van der Waals surface area contributed by atoms with Crippen LogP contribution in [0.4, 0.5) is 0 Å². The number of rotatable bonds is 0. The zero-order chi connectivity index (χ0) is 11.2. The van der Waals surface area contributed by atoms with Crippen molar-refractivity contribution < 1.29 is 4.74 Å². The number of ether oxygens (including phenoxy) is 1. The van der Waals surface area contributed by atoms with E-state index >= 15 is 0 Å². The van der Waals surface area contributed by atoms with Crippen LogP contribution in [-0.2, 0) is 10.3 Å². The molecule has 2 aliphatic rings. The van der Waals surface area contributed by atoms with Crippen LogP contribution >= 0.6 is 0 Å². The Morgan fingerprint density at radius 1 is 1.44 bits per heavy atom. The van der Waals surface area contributed by atoms with Crippen LogP contribution in [0.3, 0.4) is 0 Å². The fourth-order valence-electron chi connectivity index (χ4n) is 3.13. The lowest BCUT2D eigenvalue weighted by Gasteiger charge is -2.35. The first-order chi connectivity index (χ1) is 7.73. The van der Waals surface area contributed by atoms with Crippen molar-refractivity contribution >= 4 is 0 Å². The molecule has 3 heteroatoms. The van der Waals surface area contributed by atoms with Crippen molar-refractivity contribution in [3.8, 4) is 0 Å². The Balaban J connectivity index is 2.13. The molecule has 3 nitrogen and oxygen atoms in total. The van der Waals surface area contributed by atoms with Crippen LogP contribution in [0, 0.1) is 6.92 Å². The molecule has 16 heavy (non-hydrogen) atoms. The number of pyridine rings is 1. The quantitative estimate of drug-likeness (QED) is 0.723. The van der Waals surface area contributed by atoms with E-state index in [1.165, 1.54) is 11.1 Å². The predicted molar refractivity (Wildman–Crippen MR) is 62.3 cm³/mol. The minimum Gasteiger partial charge on any atom is -0.361 e. The Labute approximate surface area is 96.2 Å². The van der Waals surface area contributed by atoms with Crippen molar-refractivity contribution in [2.45, 2.75) is 38.4 Å². The molecule has 1 N–H and O–H groups in total. The zero-order valence-electron chi connectivity index (χ0n) is 9.92. The summed E-state index contributed by atoms with van der Waals surface area (Å²) in [6.07, 6.45) is 4.18. The number of aryl methyl sites for hydroxylation is 1. The van der Waals surface area contributed by atoms with Gasteiger partial charge < -0.3 is 10.1 Å². The highest BCUT2D eigenvalue weighted by molar-refractivity contribution is 5.39. The Morgan fingerprint density at radius 2 is 2.19 bits per heavy atom. The van der Waals surface area contributed by atoms with Crippen LogP contribution in [-0.4, -0.2) is 18.1 Å². The first-order valence-corrected chi connectivity index (χ1v) is 6.07. The van der Waals surface area contributed by atoms with Crippen LogP contribution in [0.15, 0.2) is 12.3 Å². The van der Waals surface area contributed by atoms with E-state index in [4.69, 9.17) is 4.74 Å². The molecule has 2 aliphatic heterocycles. The molecular weight excluding hydrogens is 200 g/mol. The maximum absolute atomic E-state index is 6.24. The standard InChI is InChI=1S/C13H18N2O/c1-9-3-6-15-12-10(2)16-13(11(9)12)4-7-14-8-5-13/h3,6,10,14H,4-5,7-8H2,1-2H3. The van der Waals surface area contributed by atoms with E-state index in [0.29, 0.717) is 0 Å². The minimum atomic E-state index is -0.0572. The summed E-state index contributed by atoms with van der Waals surface area (Å²) in [7, 11) is 0. The van der Waals surface area contributed by atoms with Crippen molar-refractivity contribution in [2.75, 3.05) is 13.1 Å². The van der Waals surface area contributed by atoms with Crippen molar-refractivity contribution in [1.82, 2.24) is 10.3 Å². The summed E-state index contributed by atoms with van der Waals surface area (Å²) >= 11 is 0. The molecule has 1 aromatic heterocycles. The number of piperidine rings is 1. The maximum Gasteiger partial charge on any atom is 0.0985 e. The summed E-state index contributed by atoms with van der Waals surface area (Å²) in [6.45, 7) is 6.37. The zero-order valence-corrected chi connectivity index (χ0v) is 9.92. The van der Waals surface area contributed by atoms with Crippen molar-refractivity contribution in [3.05, 3.63) is 29.1 Å². The number of hydrogen-bond donors (Lipinski definition) is 1. The molecule has 3 heterocycles. The Hall–Kier alpha value is -0.930. The lowest BCUT2D eigenvalue weighted by atomic mass is 9.83. The molecule has 1 aromatic rings. The van der Waals surface area contributed by atoms with E-state index in [1.54, 1.807) is 0 Å². The van der Waals surface area contributed by atoms with Gasteiger partial charge in [-0.15, -0.1) is 0 Å². The molecule has 1 saturated heterocycles. The molecule has 0 saturated carbocycles. The molecule has 3 rings (SSSR count). The van der Waals surface area contributed by atoms with Gasteiger partial charge in [0.1, 0.15) is 0 Å². The largest absolute Gasteiger partial charge is 0.361 e. The monoisotopic (exact) mass is 218 g/mol. The van der Waals surface area contributed by atoms with Crippen molar-refractivity contribution in [3.63, 3.8) is 0 Å². The fraction of sp³-hybridized carbons (Fsp3) is 0.615. The van der Waals surface area contributed by atoms with Crippen molar-refractivity contribution in [2.24, 2.45) is 0 Å². The van der Waals surface area contributed by atoms with Crippen LogP contribution in [0.25, 0.3) is 0 Å². The normalized spacial score (nSPS) is 27.0. The Kier molecular flexibility index (Phi) is 2.26. The van der Waals surface area contributed by atoms with Gasteiger partial charge in [0.15, 0.2) is 0 Å². The van der Waals surface area contributed by atoms with E-state index in [-0.39, 0.29) is 11.7 Å². The predicted octanol–water partition coefficient (Wildman–Crippen LogP) is 2.06. The average Bonchev–Trinajstić information content (AvgIpc) is 2.55. The van der Waals surface area contributed by atoms with Gasteiger partial charge in [-0.05, 0) is 51.4 Å². The summed E-state index contributed by atoms with van der Waals surface area (Å²) in [5.74, 6) is 0. The third kappa shape index (κ3) is 1.31. The smallest absolute Gasteiger partial charge is 0.0985 e. The van der Waals surface area contributed by atoms with Crippen LogP contribution in [0.5, 0.6) is 0 Å². The van der Waals surface area contributed by atoms with Gasteiger partial charge in [0.25, 0.3) is 0 Å². The number of aromatic nitrogens is 1. The van der Waals surface area contributed by atoms with E-state index in [2.05, 4.69) is 30.2 Å². The topological polar surface area (TPSA) is 34.2 Å². The summed E-state index contributed by atoms with van der Waals surface area (Å²) in [5, 5.41) is 3.40. The third-order valence-corrected chi connectivity index (χ3v) is 3.84. The number of nitrogens with zero attached hydrogens (tertiary/aromatic N) is 1. The number of fused-ring (bicyclic) bond motifs is 2. The molecule has 1 atom stereocenters. The van der Waals surface area contributed by atoms with Gasteiger partial charge in [-0.3, -0.25) is 4.98 Å². The van der Waals surface area contributed by atoms with Gasteiger partial charge in [0.2, 0.25) is 0 Å². The second-order valence-electron chi connectivity index (χ2n) is 4.89. The van der Waals surface area contributed by atoms with Crippen molar-refractivity contribution in [1.29, 1.82) is 0 Å². The second kappa shape index (κ2) is 3.54. The highest BCUT2D eigenvalue weighted by Crippen LogP contribution is 2.48. The van der Waals surface area contributed by atoms with Gasteiger partial charge in [-0.1, -0.05) is 0 Å². The molecule has 1 fully saturated rings. The molecule has 0 radical (unpaired) electrons. The lowest BCUT2D eigenvalue weighted by molar-refractivity contribution is -0.0882. The minimum absolute atomic E-state index is 0.0572. The summed E-state index contributed by atoms with van der Waals surface area (Å²) in [4.78, 5) is 4.51. The highest BCUT2D eigenvalue weighted by atomic mass is 16.5. The summed E-state index contributed by atoms with van der Waals surface area (Å²) in [6, 6.07) is 2.10. The first kappa shape index (κ1) is 10.2. The molecule has 86 valence electrons.